The molecule has 0 spiro atoms. The lowest BCUT2D eigenvalue weighted by Crippen LogP contribution is -2.24. The Balaban J connectivity index is 3.14. The maximum atomic E-state index is 10.2. The molecule has 0 bridgehead atoms. The summed E-state index contributed by atoms with van der Waals surface area (Å²) in [5.41, 5.74) is 0. The van der Waals surface area contributed by atoms with Crippen LogP contribution in [0.15, 0.2) is 0 Å². The van der Waals surface area contributed by atoms with E-state index in [0.29, 0.717) is 0 Å². The van der Waals surface area contributed by atoms with Crippen LogP contribution in [0.25, 0.3) is 0 Å². The maximum absolute atomic E-state index is 10.2. The van der Waals surface area contributed by atoms with Gasteiger partial charge >= 0.3 is 0 Å². The number of methoxy groups -OCH3 is 1. The standard InChI is InChI=1S/C4H10NO2/c1-4(7-3)5(2)6/h4H,1-3H3/q-1. The Labute approximate surface area is 43.5 Å². The molecule has 1 unspecified atom stereocenters. The van der Waals surface area contributed by atoms with Gasteiger partial charge in [-0.2, -0.15) is 0 Å². The number of nitrogens with zero attached hydrogens (tertiary/aromatic N) is 1. The van der Waals surface area contributed by atoms with Gasteiger partial charge in [-0.25, -0.2) is 0 Å². The molecule has 0 aromatic rings. The third kappa shape index (κ3) is 2.56. The molecule has 0 amide bonds. The Morgan fingerprint density at radius 2 is 2.14 bits per heavy atom. The van der Waals surface area contributed by atoms with Crippen LogP contribution in [0, 0.1) is 5.21 Å². The largest absolute Gasteiger partial charge is 0.784 e. The van der Waals surface area contributed by atoms with Crippen molar-refractivity contribution in [1.29, 1.82) is 0 Å². The number of ether oxygens (including phenoxy) is 1. The van der Waals surface area contributed by atoms with Gasteiger partial charge in [-0.15, -0.1) is 0 Å². The van der Waals surface area contributed by atoms with E-state index in [1.165, 1.54) is 14.2 Å². The van der Waals surface area contributed by atoms with E-state index in [4.69, 9.17) is 0 Å². The molecule has 0 radical (unpaired) electrons. The smallest absolute Gasteiger partial charge is 0.0954 e. The van der Waals surface area contributed by atoms with Crippen LogP contribution in [0.2, 0.25) is 0 Å². The van der Waals surface area contributed by atoms with Gasteiger partial charge in [0.25, 0.3) is 0 Å². The van der Waals surface area contributed by atoms with Gasteiger partial charge in [0.1, 0.15) is 0 Å². The predicted octanol–water partition coefficient (Wildman–Crippen LogP) is 0.408. The molecule has 0 N–H and O–H groups in total. The highest BCUT2D eigenvalue weighted by atomic mass is 16.6. The molecule has 1 atom stereocenters. The average molecular weight is 104 g/mol. The molecular weight excluding hydrogens is 94.0 g/mol. The number of hydrogen-bond donors (Lipinski definition) is 0. The summed E-state index contributed by atoms with van der Waals surface area (Å²) in [6.07, 6.45) is -0.319. The highest BCUT2D eigenvalue weighted by Gasteiger charge is 1.91. The molecule has 44 valence electrons. The second-order valence-electron chi connectivity index (χ2n) is 1.38. The van der Waals surface area contributed by atoms with Crippen molar-refractivity contribution in [2.45, 2.75) is 13.2 Å². The van der Waals surface area contributed by atoms with Crippen LogP contribution in [0.3, 0.4) is 0 Å². The van der Waals surface area contributed by atoms with Crippen molar-refractivity contribution in [2.24, 2.45) is 0 Å². The zero-order chi connectivity index (χ0) is 5.86. The molecule has 0 heterocycles. The summed E-state index contributed by atoms with van der Waals surface area (Å²) >= 11 is 0. The van der Waals surface area contributed by atoms with Crippen molar-refractivity contribution in [3.63, 3.8) is 0 Å². The SMILES string of the molecule is COC(C)N(C)[O-]. The quantitative estimate of drug-likeness (QED) is 0.376. The molecule has 3 nitrogen and oxygen atoms in total. The van der Waals surface area contributed by atoms with E-state index in [1.807, 2.05) is 0 Å². The second-order valence-corrected chi connectivity index (χ2v) is 1.38. The van der Waals surface area contributed by atoms with Gasteiger partial charge in [0.15, 0.2) is 0 Å². The fourth-order valence-corrected chi connectivity index (χ4v) is 0.148. The number of hydroxylamine groups is 2. The van der Waals surface area contributed by atoms with E-state index in [9.17, 15) is 5.21 Å². The minimum Gasteiger partial charge on any atom is -0.784 e. The van der Waals surface area contributed by atoms with Crippen molar-refractivity contribution < 1.29 is 4.74 Å². The van der Waals surface area contributed by atoms with E-state index in [2.05, 4.69) is 4.74 Å². The van der Waals surface area contributed by atoms with E-state index in [1.54, 1.807) is 6.92 Å². The lowest BCUT2D eigenvalue weighted by molar-refractivity contribution is 0.0235. The summed E-state index contributed by atoms with van der Waals surface area (Å²) in [6, 6.07) is 0. The molecule has 0 aliphatic carbocycles. The molecule has 0 aromatic carbocycles. The zero-order valence-electron chi connectivity index (χ0n) is 4.84. The first-order valence-electron chi connectivity index (χ1n) is 2.11. The first kappa shape index (κ1) is 6.88. The van der Waals surface area contributed by atoms with E-state index in [0.717, 1.165) is 5.06 Å². The third-order valence-electron chi connectivity index (χ3n) is 0.853. The van der Waals surface area contributed by atoms with Crippen LogP contribution in [-0.2, 0) is 4.74 Å². The van der Waals surface area contributed by atoms with Crippen LogP contribution < -0.4 is 0 Å². The first-order chi connectivity index (χ1) is 3.18. The summed E-state index contributed by atoms with van der Waals surface area (Å²) in [5.74, 6) is 0. The second kappa shape index (κ2) is 2.96. The van der Waals surface area contributed by atoms with Crippen LogP contribution in [0.5, 0.6) is 0 Å². The van der Waals surface area contributed by atoms with E-state index < -0.39 is 0 Å². The van der Waals surface area contributed by atoms with Gasteiger partial charge in [-0.1, -0.05) is 0 Å². The Kier molecular flexibility index (Phi) is 2.91. The lowest BCUT2D eigenvalue weighted by Gasteiger charge is -2.28. The van der Waals surface area contributed by atoms with Gasteiger partial charge in [0.05, 0.1) is 6.23 Å². The fourth-order valence-electron chi connectivity index (χ4n) is 0.148. The minimum absolute atomic E-state index is 0.319. The van der Waals surface area contributed by atoms with Gasteiger partial charge < -0.3 is 15.0 Å². The molecule has 0 saturated heterocycles. The summed E-state index contributed by atoms with van der Waals surface area (Å²) in [5, 5.41) is 10.9. The Morgan fingerprint density at radius 3 is 2.14 bits per heavy atom. The summed E-state index contributed by atoms with van der Waals surface area (Å²) < 4.78 is 4.62. The molecule has 0 aliphatic heterocycles. The summed E-state index contributed by atoms with van der Waals surface area (Å²) in [4.78, 5) is 0. The van der Waals surface area contributed by atoms with Crippen molar-refractivity contribution in [3.05, 3.63) is 5.21 Å². The van der Waals surface area contributed by atoms with Gasteiger partial charge in [0, 0.05) is 7.11 Å². The van der Waals surface area contributed by atoms with Crippen molar-refractivity contribution >= 4 is 0 Å². The highest BCUT2D eigenvalue weighted by Crippen LogP contribution is 1.89. The normalized spacial score (nSPS) is 15.0. The molecule has 0 rings (SSSR count). The fraction of sp³-hybridized carbons (Fsp3) is 1.00. The van der Waals surface area contributed by atoms with Gasteiger partial charge in [-0.3, -0.25) is 0 Å². The third-order valence-corrected chi connectivity index (χ3v) is 0.853. The molecule has 0 aliphatic rings. The Morgan fingerprint density at radius 1 is 1.71 bits per heavy atom. The average Bonchev–Trinajstić information content (AvgIpc) is 1.65. The van der Waals surface area contributed by atoms with Crippen molar-refractivity contribution in [3.8, 4) is 0 Å². The molecular formula is C4H10NO2-. The van der Waals surface area contributed by atoms with E-state index >= 15 is 0 Å². The maximum Gasteiger partial charge on any atom is 0.0954 e. The molecule has 7 heavy (non-hydrogen) atoms. The number of hydrogen-bond acceptors (Lipinski definition) is 3. The van der Waals surface area contributed by atoms with Crippen LogP contribution in [-0.4, -0.2) is 25.4 Å². The van der Waals surface area contributed by atoms with Crippen molar-refractivity contribution in [2.75, 3.05) is 14.2 Å². The Bertz CT molecular complexity index is 47.0. The van der Waals surface area contributed by atoms with Gasteiger partial charge in [-0.05, 0) is 14.0 Å². The van der Waals surface area contributed by atoms with Crippen LogP contribution >= 0.6 is 0 Å². The molecule has 0 aromatic heterocycles. The summed E-state index contributed by atoms with van der Waals surface area (Å²) in [7, 11) is 2.92. The first-order valence-corrected chi connectivity index (χ1v) is 2.11. The van der Waals surface area contributed by atoms with Gasteiger partial charge in [0.2, 0.25) is 0 Å². The monoisotopic (exact) mass is 104 g/mol. The molecule has 0 fully saturated rings. The van der Waals surface area contributed by atoms with Crippen molar-refractivity contribution in [1.82, 2.24) is 5.06 Å². The summed E-state index contributed by atoms with van der Waals surface area (Å²) in [6.45, 7) is 1.69. The zero-order valence-corrected chi connectivity index (χ0v) is 4.84. The highest BCUT2D eigenvalue weighted by molar-refractivity contribution is 4.47. The topological polar surface area (TPSA) is 35.5 Å². The number of rotatable bonds is 2. The predicted molar refractivity (Wildman–Crippen MR) is 27.6 cm³/mol. The van der Waals surface area contributed by atoms with Crippen LogP contribution in [0.4, 0.5) is 0 Å². The lowest BCUT2D eigenvalue weighted by atomic mass is 10.7. The van der Waals surface area contributed by atoms with E-state index in [-0.39, 0.29) is 6.23 Å². The molecule has 0 saturated carbocycles. The van der Waals surface area contributed by atoms with Crippen LogP contribution in [0.1, 0.15) is 6.92 Å². The molecule has 3 heteroatoms. The minimum atomic E-state index is -0.319. The Hall–Kier alpha value is -0.120.